The van der Waals surface area contributed by atoms with Crippen LogP contribution in [0.3, 0.4) is 0 Å². The van der Waals surface area contributed by atoms with Gasteiger partial charge < -0.3 is 20.1 Å². The van der Waals surface area contributed by atoms with Gasteiger partial charge in [0.15, 0.2) is 0 Å². The maximum Gasteiger partial charge on any atom is 0.100 e. The quantitative estimate of drug-likeness (QED) is 0.433. The van der Waals surface area contributed by atoms with Crippen molar-refractivity contribution >= 4 is 15.9 Å². The molecule has 3 N–H and O–H groups in total. The molecule has 0 saturated carbocycles. The van der Waals surface area contributed by atoms with E-state index in [0.29, 0.717) is 6.10 Å². The predicted octanol–water partition coefficient (Wildman–Crippen LogP) is -0.888. The molecule has 1 atom stereocenters. The van der Waals surface area contributed by atoms with E-state index in [-0.39, 0.29) is 13.2 Å². The van der Waals surface area contributed by atoms with Gasteiger partial charge in [0.1, 0.15) is 6.10 Å². The molecule has 0 bridgehead atoms. The number of rotatable bonds is 3. The summed E-state index contributed by atoms with van der Waals surface area (Å²) in [5.41, 5.74) is 0. The van der Waals surface area contributed by atoms with Gasteiger partial charge in [-0.15, -0.1) is 0 Å². The van der Waals surface area contributed by atoms with Gasteiger partial charge in [-0.05, 0) is 0 Å². The molecule has 0 spiro atoms. The minimum atomic E-state index is -0.954. The van der Waals surface area contributed by atoms with Gasteiger partial charge >= 0.3 is 0 Å². The third-order valence-corrected chi connectivity index (χ3v) is 1.72. The first kappa shape index (κ1) is 11.3. The van der Waals surface area contributed by atoms with Gasteiger partial charge in [-0.25, -0.2) is 0 Å². The summed E-state index contributed by atoms with van der Waals surface area (Å²) >= 11 is 3.25. The number of epoxide rings is 1. The number of aliphatic hydroxyl groups excluding tert-OH is 3. The summed E-state index contributed by atoms with van der Waals surface area (Å²) in [6.45, 7) is 0.234. The summed E-state index contributed by atoms with van der Waals surface area (Å²) in [7, 11) is 0. The number of alkyl halides is 1. The SMILES string of the molecule is BrCC1CO1.OCC(O)CO. The van der Waals surface area contributed by atoms with Crippen LogP contribution in [-0.2, 0) is 4.74 Å². The number of aliphatic hydroxyl groups is 3. The second kappa shape index (κ2) is 7.00. The second-order valence-electron chi connectivity index (χ2n) is 2.13. The highest BCUT2D eigenvalue weighted by molar-refractivity contribution is 9.09. The number of halogens is 1. The predicted molar refractivity (Wildman–Crippen MR) is 43.7 cm³/mol. The van der Waals surface area contributed by atoms with E-state index in [1.807, 2.05) is 0 Å². The Morgan fingerprint density at radius 2 is 1.91 bits per heavy atom. The fourth-order valence-electron chi connectivity index (χ4n) is 0.215. The van der Waals surface area contributed by atoms with E-state index in [1.165, 1.54) is 0 Å². The second-order valence-corrected chi connectivity index (χ2v) is 2.78. The standard InChI is InChI=1S/C3H5BrO.C3H8O3/c4-1-3-2-5-3;4-1-3(6)2-5/h3H,1-2H2;3-6H,1-2H2. The van der Waals surface area contributed by atoms with Crippen molar-refractivity contribution in [2.45, 2.75) is 12.2 Å². The molecule has 5 heteroatoms. The van der Waals surface area contributed by atoms with Gasteiger partial charge in [0.2, 0.25) is 0 Å². The molecular weight excluding hydrogens is 216 g/mol. The Morgan fingerprint density at radius 1 is 1.45 bits per heavy atom. The van der Waals surface area contributed by atoms with E-state index < -0.39 is 6.10 Å². The van der Waals surface area contributed by atoms with Gasteiger partial charge in [-0.3, -0.25) is 0 Å². The highest BCUT2D eigenvalue weighted by Gasteiger charge is 2.19. The summed E-state index contributed by atoms with van der Waals surface area (Å²) < 4.78 is 4.81. The molecule has 1 unspecified atom stereocenters. The average Bonchev–Trinajstić information content (AvgIpc) is 2.86. The van der Waals surface area contributed by atoms with Crippen LogP contribution in [0, 0.1) is 0 Å². The minimum Gasteiger partial charge on any atom is -0.394 e. The highest BCUT2D eigenvalue weighted by Crippen LogP contribution is 2.09. The van der Waals surface area contributed by atoms with E-state index >= 15 is 0 Å². The Kier molecular flexibility index (Phi) is 7.20. The molecule has 0 aromatic rings. The van der Waals surface area contributed by atoms with Crippen LogP contribution in [0.4, 0.5) is 0 Å². The molecule has 11 heavy (non-hydrogen) atoms. The number of hydrogen-bond donors (Lipinski definition) is 3. The van der Waals surface area contributed by atoms with E-state index in [9.17, 15) is 0 Å². The molecule has 0 radical (unpaired) electrons. The van der Waals surface area contributed by atoms with Crippen LogP contribution in [0.5, 0.6) is 0 Å². The van der Waals surface area contributed by atoms with Crippen molar-refractivity contribution in [3.05, 3.63) is 0 Å². The molecule has 1 rings (SSSR count). The first-order chi connectivity index (χ1) is 5.24. The van der Waals surface area contributed by atoms with Crippen LogP contribution in [0.15, 0.2) is 0 Å². The first-order valence-corrected chi connectivity index (χ1v) is 4.44. The van der Waals surface area contributed by atoms with E-state index in [2.05, 4.69) is 15.9 Å². The van der Waals surface area contributed by atoms with Crippen molar-refractivity contribution in [1.82, 2.24) is 0 Å². The van der Waals surface area contributed by atoms with Crippen molar-refractivity contribution in [1.29, 1.82) is 0 Å². The van der Waals surface area contributed by atoms with Gasteiger partial charge in [-0.2, -0.15) is 0 Å². The lowest BCUT2D eigenvalue weighted by molar-refractivity contribution is 0.0450. The largest absolute Gasteiger partial charge is 0.394 e. The zero-order valence-electron chi connectivity index (χ0n) is 6.11. The Hall–Kier alpha value is 0.320. The molecule has 1 heterocycles. The highest BCUT2D eigenvalue weighted by atomic mass is 79.9. The zero-order valence-corrected chi connectivity index (χ0v) is 7.70. The summed E-state index contributed by atoms with van der Waals surface area (Å²) in [5, 5.41) is 25.0. The number of hydrogen-bond acceptors (Lipinski definition) is 4. The van der Waals surface area contributed by atoms with Crippen LogP contribution >= 0.6 is 15.9 Å². The van der Waals surface area contributed by atoms with E-state index in [0.717, 1.165) is 11.9 Å². The maximum absolute atomic E-state index is 8.17. The van der Waals surface area contributed by atoms with Crippen LogP contribution < -0.4 is 0 Å². The van der Waals surface area contributed by atoms with Crippen LogP contribution in [0.2, 0.25) is 0 Å². The molecule has 4 nitrogen and oxygen atoms in total. The normalized spacial score (nSPS) is 21.0. The Balaban J connectivity index is 0.000000183. The smallest absolute Gasteiger partial charge is 0.100 e. The molecular formula is C6H13BrO4. The van der Waals surface area contributed by atoms with Gasteiger partial charge in [0, 0.05) is 5.33 Å². The van der Waals surface area contributed by atoms with Crippen molar-refractivity contribution in [2.24, 2.45) is 0 Å². The topological polar surface area (TPSA) is 73.2 Å². The van der Waals surface area contributed by atoms with Crippen molar-refractivity contribution in [3.63, 3.8) is 0 Å². The fraction of sp³-hybridized carbons (Fsp3) is 1.00. The first-order valence-electron chi connectivity index (χ1n) is 3.32. The van der Waals surface area contributed by atoms with E-state index in [4.69, 9.17) is 20.1 Å². The average molecular weight is 229 g/mol. The molecule has 0 amide bonds. The summed E-state index contributed by atoms with van der Waals surface area (Å²) in [6.07, 6.45) is -0.403. The third kappa shape index (κ3) is 8.22. The van der Waals surface area contributed by atoms with Crippen molar-refractivity contribution < 1.29 is 20.1 Å². The third-order valence-electron chi connectivity index (χ3n) is 0.996. The maximum atomic E-state index is 8.17. The van der Waals surface area contributed by atoms with Gasteiger partial charge in [0.25, 0.3) is 0 Å². The van der Waals surface area contributed by atoms with Gasteiger partial charge in [-0.1, -0.05) is 15.9 Å². The molecule has 0 aromatic heterocycles. The van der Waals surface area contributed by atoms with Crippen LogP contribution in [0.1, 0.15) is 0 Å². The summed E-state index contributed by atoms with van der Waals surface area (Å²) in [6, 6.07) is 0. The molecule has 1 aliphatic heterocycles. The fourth-order valence-corrected chi connectivity index (χ4v) is 0.589. The van der Waals surface area contributed by atoms with Crippen LogP contribution in [-0.4, -0.2) is 52.7 Å². The molecule has 0 aliphatic carbocycles. The lowest BCUT2D eigenvalue weighted by atomic mass is 10.4. The van der Waals surface area contributed by atoms with Crippen molar-refractivity contribution in [3.8, 4) is 0 Å². The summed E-state index contributed by atoms with van der Waals surface area (Å²) in [4.78, 5) is 0. The van der Waals surface area contributed by atoms with E-state index in [1.54, 1.807) is 0 Å². The molecule has 68 valence electrons. The van der Waals surface area contributed by atoms with Crippen LogP contribution in [0.25, 0.3) is 0 Å². The number of ether oxygens (including phenoxy) is 1. The Labute approximate surface area is 73.9 Å². The lowest BCUT2D eigenvalue weighted by Gasteiger charge is -1.96. The van der Waals surface area contributed by atoms with Crippen molar-refractivity contribution in [2.75, 3.05) is 25.2 Å². The molecule has 1 saturated heterocycles. The Bertz CT molecular complexity index is 82.7. The zero-order chi connectivity index (χ0) is 8.69. The lowest BCUT2D eigenvalue weighted by Crippen LogP contribution is -2.15. The van der Waals surface area contributed by atoms with Gasteiger partial charge in [0.05, 0.1) is 25.9 Å². The Morgan fingerprint density at radius 3 is 1.91 bits per heavy atom. The molecule has 1 fully saturated rings. The monoisotopic (exact) mass is 228 g/mol. The molecule has 1 aliphatic rings. The molecule has 0 aromatic carbocycles. The minimum absolute atomic E-state index is 0.365. The summed E-state index contributed by atoms with van der Waals surface area (Å²) in [5.74, 6) is 0.